The molecule has 20 heavy (non-hydrogen) atoms. The number of hydrogen-bond donors (Lipinski definition) is 1. The van der Waals surface area contributed by atoms with Crippen LogP contribution in [0.1, 0.15) is 12.5 Å². The third-order valence-electron chi connectivity index (χ3n) is 3.62. The maximum Gasteiger partial charge on any atom is 0.329 e. The molecule has 3 rings (SSSR count). The summed E-state index contributed by atoms with van der Waals surface area (Å²) in [6.07, 6.45) is 1.79. The van der Waals surface area contributed by atoms with Gasteiger partial charge in [0.25, 0.3) is 0 Å². The van der Waals surface area contributed by atoms with Crippen LogP contribution in [0.25, 0.3) is 11.0 Å². The van der Waals surface area contributed by atoms with Gasteiger partial charge >= 0.3 is 5.97 Å². The highest BCUT2D eigenvalue weighted by atomic mass is 16.5. The summed E-state index contributed by atoms with van der Waals surface area (Å²) in [5.41, 5.74) is 1.70. The van der Waals surface area contributed by atoms with Crippen molar-refractivity contribution < 1.29 is 19.1 Å². The molecule has 0 aliphatic carbocycles. The summed E-state index contributed by atoms with van der Waals surface area (Å²) >= 11 is 0. The van der Waals surface area contributed by atoms with Gasteiger partial charge in [0.15, 0.2) is 0 Å². The van der Waals surface area contributed by atoms with Gasteiger partial charge in [0.1, 0.15) is 12.2 Å². The predicted octanol–water partition coefficient (Wildman–Crippen LogP) is 2.11. The van der Waals surface area contributed by atoms with E-state index in [2.05, 4.69) is 4.90 Å². The highest BCUT2D eigenvalue weighted by molar-refractivity contribution is 5.80. The SMILES string of the molecule is CC1(OCC(=O)O)CN(Cc2coc3ccccc23)C1. The van der Waals surface area contributed by atoms with E-state index in [1.807, 2.05) is 31.2 Å². The van der Waals surface area contributed by atoms with Crippen LogP contribution in [-0.2, 0) is 16.1 Å². The molecule has 1 aliphatic rings. The zero-order valence-electron chi connectivity index (χ0n) is 11.3. The third-order valence-corrected chi connectivity index (χ3v) is 3.62. The van der Waals surface area contributed by atoms with Crippen molar-refractivity contribution in [1.29, 1.82) is 0 Å². The first-order valence-corrected chi connectivity index (χ1v) is 6.59. The summed E-state index contributed by atoms with van der Waals surface area (Å²) in [7, 11) is 0. The van der Waals surface area contributed by atoms with Gasteiger partial charge in [0.2, 0.25) is 0 Å². The van der Waals surface area contributed by atoms with Crippen molar-refractivity contribution in [2.24, 2.45) is 0 Å². The molecule has 0 radical (unpaired) electrons. The number of hydrogen-bond acceptors (Lipinski definition) is 4. The molecule has 0 amide bonds. The number of carbonyl (C=O) groups is 1. The van der Waals surface area contributed by atoms with Crippen LogP contribution in [0, 0.1) is 0 Å². The lowest BCUT2D eigenvalue weighted by atomic mass is 9.95. The Labute approximate surface area is 116 Å². The number of nitrogens with zero attached hydrogens (tertiary/aromatic N) is 1. The summed E-state index contributed by atoms with van der Waals surface area (Å²) in [5.74, 6) is -0.925. The van der Waals surface area contributed by atoms with Gasteiger partial charge < -0.3 is 14.3 Å². The first kappa shape index (κ1) is 13.1. The molecule has 0 unspecified atom stereocenters. The Bertz CT molecular complexity index is 628. The van der Waals surface area contributed by atoms with Crippen LogP contribution in [0.3, 0.4) is 0 Å². The number of carboxylic acids is 1. The molecule has 106 valence electrons. The molecule has 1 aromatic heterocycles. The van der Waals surface area contributed by atoms with E-state index in [0.717, 1.165) is 36.2 Å². The largest absolute Gasteiger partial charge is 0.480 e. The van der Waals surface area contributed by atoms with Gasteiger partial charge in [-0.05, 0) is 13.0 Å². The van der Waals surface area contributed by atoms with Crippen LogP contribution in [0.4, 0.5) is 0 Å². The molecule has 0 atom stereocenters. The lowest BCUT2D eigenvalue weighted by molar-refractivity contribution is -0.165. The monoisotopic (exact) mass is 275 g/mol. The summed E-state index contributed by atoms with van der Waals surface area (Å²) < 4.78 is 10.9. The summed E-state index contributed by atoms with van der Waals surface area (Å²) in [6.45, 7) is 3.97. The van der Waals surface area contributed by atoms with Crippen LogP contribution in [0.5, 0.6) is 0 Å². The molecule has 1 fully saturated rings. The Morgan fingerprint density at radius 2 is 2.20 bits per heavy atom. The van der Waals surface area contributed by atoms with Crippen molar-refractivity contribution in [3.63, 3.8) is 0 Å². The molecular formula is C15H17NO4. The molecule has 2 aromatic rings. The second-order valence-electron chi connectivity index (χ2n) is 5.53. The topological polar surface area (TPSA) is 62.9 Å². The average molecular weight is 275 g/mol. The molecule has 0 spiro atoms. The maximum atomic E-state index is 10.5. The molecule has 0 saturated carbocycles. The molecule has 5 nitrogen and oxygen atoms in total. The minimum atomic E-state index is -0.925. The van der Waals surface area contributed by atoms with Gasteiger partial charge in [-0.15, -0.1) is 0 Å². The standard InChI is InChI=1S/C15H17NO4/c1-15(20-8-14(17)18)9-16(10-15)6-11-7-19-13-5-3-2-4-12(11)13/h2-5,7H,6,8-10H2,1H3,(H,17,18). The lowest BCUT2D eigenvalue weighted by Crippen LogP contribution is -2.61. The molecule has 1 aromatic carbocycles. The number of carboxylic acid groups (broad SMARTS) is 1. The van der Waals surface area contributed by atoms with Crippen LogP contribution < -0.4 is 0 Å². The molecule has 5 heteroatoms. The van der Waals surface area contributed by atoms with Gasteiger partial charge in [0, 0.05) is 30.6 Å². The van der Waals surface area contributed by atoms with E-state index < -0.39 is 5.97 Å². The van der Waals surface area contributed by atoms with Crippen molar-refractivity contribution in [3.05, 3.63) is 36.1 Å². The summed E-state index contributed by atoms with van der Waals surface area (Å²) in [6, 6.07) is 7.96. The van der Waals surface area contributed by atoms with Crippen molar-refractivity contribution in [1.82, 2.24) is 4.90 Å². The van der Waals surface area contributed by atoms with Crippen LogP contribution in [0.2, 0.25) is 0 Å². The first-order chi connectivity index (χ1) is 9.56. The van der Waals surface area contributed by atoms with Gasteiger partial charge in [-0.3, -0.25) is 4.90 Å². The number of para-hydroxylation sites is 1. The van der Waals surface area contributed by atoms with Crippen molar-refractivity contribution in [3.8, 4) is 0 Å². The second kappa shape index (κ2) is 4.92. The third kappa shape index (κ3) is 2.55. The molecule has 0 bridgehead atoms. The Morgan fingerprint density at radius 1 is 1.45 bits per heavy atom. The Balaban J connectivity index is 1.60. The van der Waals surface area contributed by atoms with Crippen LogP contribution >= 0.6 is 0 Å². The fourth-order valence-corrected chi connectivity index (χ4v) is 2.73. The molecule has 2 heterocycles. The number of furan rings is 1. The lowest BCUT2D eigenvalue weighted by Gasteiger charge is -2.47. The summed E-state index contributed by atoms with van der Waals surface area (Å²) in [4.78, 5) is 12.7. The van der Waals surface area contributed by atoms with E-state index >= 15 is 0 Å². The Kier molecular flexibility index (Phi) is 3.23. The summed E-state index contributed by atoms with van der Waals surface area (Å²) in [5, 5.41) is 9.77. The van der Waals surface area contributed by atoms with Crippen LogP contribution in [-0.4, -0.2) is 41.3 Å². The van der Waals surface area contributed by atoms with Crippen LogP contribution in [0.15, 0.2) is 34.9 Å². The minimum absolute atomic E-state index is 0.237. The van der Waals surface area contributed by atoms with Gasteiger partial charge in [-0.25, -0.2) is 4.79 Å². The molecular weight excluding hydrogens is 258 g/mol. The van der Waals surface area contributed by atoms with Crippen molar-refractivity contribution >= 4 is 16.9 Å². The fourth-order valence-electron chi connectivity index (χ4n) is 2.73. The van der Waals surface area contributed by atoms with Crippen molar-refractivity contribution in [2.75, 3.05) is 19.7 Å². The second-order valence-corrected chi connectivity index (χ2v) is 5.53. The molecule has 1 saturated heterocycles. The minimum Gasteiger partial charge on any atom is -0.480 e. The van der Waals surface area contributed by atoms with Crippen molar-refractivity contribution in [2.45, 2.75) is 19.1 Å². The van der Waals surface area contributed by atoms with E-state index in [-0.39, 0.29) is 12.2 Å². The van der Waals surface area contributed by atoms with E-state index in [0.29, 0.717) is 0 Å². The Morgan fingerprint density at radius 3 is 2.95 bits per heavy atom. The van der Waals surface area contributed by atoms with E-state index in [1.165, 1.54) is 0 Å². The average Bonchev–Trinajstić information content (AvgIpc) is 2.78. The zero-order chi connectivity index (χ0) is 14.2. The fraction of sp³-hybridized carbons (Fsp3) is 0.400. The highest BCUT2D eigenvalue weighted by Gasteiger charge is 2.40. The number of rotatable bonds is 5. The number of likely N-dealkylation sites (tertiary alicyclic amines) is 1. The number of fused-ring (bicyclic) bond motifs is 1. The number of ether oxygens (including phenoxy) is 1. The van der Waals surface area contributed by atoms with Gasteiger partial charge in [-0.2, -0.15) is 0 Å². The predicted molar refractivity (Wildman–Crippen MR) is 73.5 cm³/mol. The first-order valence-electron chi connectivity index (χ1n) is 6.59. The normalized spacial score (nSPS) is 18.1. The zero-order valence-corrected chi connectivity index (χ0v) is 11.3. The Hall–Kier alpha value is -1.85. The molecule has 1 aliphatic heterocycles. The quantitative estimate of drug-likeness (QED) is 0.905. The van der Waals surface area contributed by atoms with E-state index in [4.69, 9.17) is 14.3 Å². The maximum absolute atomic E-state index is 10.5. The van der Waals surface area contributed by atoms with E-state index in [1.54, 1.807) is 6.26 Å². The highest BCUT2D eigenvalue weighted by Crippen LogP contribution is 2.29. The van der Waals surface area contributed by atoms with E-state index in [9.17, 15) is 4.79 Å². The smallest absolute Gasteiger partial charge is 0.329 e. The van der Waals surface area contributed by atoms with Gasteiger partial charge in [-0.1, -0.05) is 18.2 Å². The van der Waals surface area contributed by atoms with Gasteiger partial charge in [0.05, 0.1) is 11.9 Å². The molecule has 1 N–H and O–H groups in total. The number of benzene rings is 1. The number of aliphatic carboxylic acids is 1.